The minimum Gasteiger partial charge on any atom is -0.481 e. The van der Waals surface area contributed by atoms with E-state index in [4.69, 9.17) is 10.5 Å². The van der Waals surface area contributed by atoms with Gasteiger partial charge in [0.15, 0.2) is 6.10 Å². The fourth-order valence-corrected chi connectivity index (χ4v) is 1.68. The third kappa shape index (κ3) is 4.52. The van der Waals surface area contributed by atoms with E-state index in [0.29, 0.717) is 11.3 Å². The van der Waals surface area contributed by atoms with Crippen LogP contribution in [0.2, 0.25) is 0 Å². The van der Waals surface area contributed by atoms with Crippen LogP contribution in [0.25, 0.3) is 0 Å². The van der Waals surface area contributed by atoms with Gasteiger partial charge in [-0.1, -0.05) is 6.92 Å². The number of rotatable bonds is 7. The molecule has 0 saturated carbocycles. The minimum absolute atomic E-state index is 0.0641. The summed E-state index contributed by atoms with van der Waals surface area (Å²) in [5.41, 5.74) is 5.85. The van der Waals surface area contributed by atoms with Crippen molar-refractivity contribution in [2.24, 2.45) is 5.73 Å². The maximum Gasteiger partial charge on any atom is 0.258 e. The number of carbonyl (C=O) groups excluding carboxylic acids is 1. The number of hydrogen-bond donors (Lipinski definition) is 2. The first-order chi connectivity index (χ1) is 8.95. The molecule has 0 heterocycles. The number of primary amides is 1. The van der Waals surface area contributed by atoms with Crippen molar-refractivity contribution >= 4 is 5.91 Å². The predicted molar refractivity (Wildman–Crippen MR) is 72.4 cm³/mol. The molecule has 0 radical (unpaired) electrons. The number of hydrogen-bond acceptors (Lipinski definition) is 3. The normalized spacial score (nSPS) is 13.9. The number of ether oxygens (including phenoxy) is 1. The summed E-state index contributed by atoms with van der Waals surface area (Å²) in [6, 6.07) is 4.18. The zero-order valence-corrected chi connectivity index (χ0v) is 11.6. The van der Waals surface area contributed by atoms with Gasteiger partial charge in [-0.25, -0.2) is 4.39 Å². The van der Waals surface area contributed by atoms with E-state index in [1.165, 1.54) is 18.2 Å². The molecule has 1 aromatic rings. The Hall–Kier alpha value is -1.62. The minimum atomic E-state index is -0.748. The summed E-state index contributed by atoms with van der Waals surface area (Å²) in [4.78, 5) is 11.0. The zero-order chi connectivity index (χ0) is 14.4. The molecule has 0 aliphatic heterocycles. The number of nitrogens with one attached hydrogen (secondary N) is 1. The van der Waals surface area contributed by atoms with Crippen LogP contribution in [0.3, 0.4) is 0 Å². The Kier molecular flexibility index (Phi) is 5.76. The Morgan fingerprint density at radius 3 is 2.74 bits per heavy atom. The number of benzene rings is 1. The lowest BCUT2D eigenvalue weighted by atomic mass is 10.1. The van der Waals surface area contributed by atoms with Crippen LogP contribution in [0.5, 0.6) is 5.75 Å². The molecule has 0 aliphatic carbocycles. The maximum absolute atomic E-state index is 13.4. The Morgan fingerprint density at radius 2 is 2.16 bits per heavy atom. The molecule has 0 bridgehead atoms. The van der Waals surface area contributed by atoms with Gasteiger partial charge in [0.05, 0.1) is 0 Å². The van der Waals surface area contributed by atoms with E-state index in [-0.39, 0.29) is 11.9 Å². The van der Waals surface area contributed by atoms with E-state index in [9.17, 15) is 9.18 Å². The monoisotopic (exact) mass is 268 g/mol. The predicted octanol–water partition coefficient (Wildman–Crippen LogP) is 2.14. The van der Waals surface area contributed by atoms with E-state index in [2.05, 4.69) is 12.2 Å². The van der Waals surface area contributed by atoms with Crippen molar-refractivity contribution in [3.8, 4) is 5.75 Å². The van der Waals surface area contributed by atoms with E-state index >= 15 is 0 Å². The van der Waals surface area contributed by atoms with Crippen LogP contribution < -0.4 is 15.8 Å². The molecule has 0 spiro atoms. The summed E-state index contributed by atoms with van der Waals surface area (Å²) in [6.45, 7) is 6.37. The highest BCUT2D eigenvalue weighted by Gasteiger charge is 2.17. The molecule has 1 rings (SSSR count). The summed E-state index contributed by atoms with van der Waals surface area (Å²) < 4.78 is 18.8. The molecule has 2 atom stereocenters. The van der Waals surface area contributed by atoms with E-state index in [1.54, 1.807) is 6.92 Å². The van der Waals surface area contributed by atoms with Crippen molar-refractivity contribution in [1.82, 2.24) is 5.32 Å². The highest BCUT2D eigenvalue weighted by molar-refractivity contribution is 5.78. The highest BCUT2D eigenvalue weighted by atomic mass is 19.1. The van der Waals surface area contributed by atoms with Crippen molar-refractivity contribution < 1.29 is 13.9 Å². The van der Waals surface area contributed by atoms with E-state index in [1.807, 2.05) is 6.92 Å². The molecule has 5 heteroatoms. The van der Waals surface area contributed by atoms with Gasteiger partial charge in [-0.15, -0.1) is 0 Å². The Balaban J connectivity index is 2.93. The highest BCUT2D eigenvalue weighted by Crippen LogP contribution is 2.27. The Labute approximate surface area is 113 Å². The topological polar surface area (TPSA) is 64.3 Å². The first-order valence-electron chi connectivity index (χ1n) is 6.44. The third-order valence-electron chi connectivity index (χ3n) is 2.84. The number of amides is 1. The fourth-order valence-electron chi connectivity index (χ4n) is 1.68. The van der Waals surface area contributed by atoms with Crippen molar-refractivity contribution in [3.05, 3.63) is 29.6 Å². The zero-order valence-electron chi connectivity index (χ0n) is 11.6. The van der Waals surface area contributed by atoms with E-state index in [0.717, 1.165) is 13.0 Å². The number of halogens is 1. The SMILES string of the molecule is CCCNC(C)c1cc(F)ccc1OC(C)C(N)=O. The summed E-state index contributed by atoms with van der Waals surface area (Å²) in [5, 5.41) is 3.26. The van der Waals surface area contributed by atoms with Gasteiger partial charge in [0.25, 0.3) is 5.91 Å². The molecule has 0 saturated heterocycles. The lowest BCUT2D eigenvalue weighted by Crippen LogP contribution is -2.31. The van der Waals surface area contributed by atoms with Crippen LogP contribution >= 0.6 is 0 Å². The van der Waals surface area contributed by atoms with Crippen molar-refractivity contribution in [1.29, 1.82) is 0 Å². The summed E-state index contributed by atoms with van der Waals surface area (Å²) >= 11 is 0. The van der Waals surface area contributed by atoms with Gasteiger partial charge in [-0.2, -0.15) is 0 Å². The molecule has 0 fully saturated rings. The van der Waals surface area contributed by atoms with Crippen LogP contribution in [-0.4, -0.2) is 18.6 Å². The van der Waals surface area contributed by atoms with Gasteiger partial charge in [-0.05, 0) is 45.0 Å². The fraction of sp³-hybridized carbons (Fsp3) is 0.500. The summed E-state index contributed by atoms with van der Waals surface area (Å²) in [7, 11) is 0. The Bertz CT molecular complexity index is 437. The molecule has 3 N–H and O–H groups in total. The van der Waals surface area contributed by atoms with Crippen molar-refractivity contribution in [3.63, 3.8) is 0 Å². The summed E-state index contributed by atoms with van der Waals surface area (Å²) in [6.07, 6.45) is 0.232. The molecule has 2 unspecified atom stereocenters. The second kappa shape index (κ2) is 7.09. The number of carbonyl (C=O) groups is 1. The van der Waals surface area contributed by atoms with Crippen molar-refractivity contribution in [2.75, 3.05) is 6.54 Å². The van der Waals surface area contributed by atoms with Crippen LogP contribution in [-0.2, 0) is 4.79 Å². The first kappa shape index (κ1) is 15.4. The second-order valence-electron chi connectivity index (χ2n) is 4.52. The van der Waals surface area contributed by atoms with Crippen LogP contribution in [0, 0.1) is 5.82 Å². The van der Waals surface area contributed by atoms with Crippen LogP contribution in [0.15, 0.2) is 18.2 Å². The smallest absolute Gasteiger partial charge is 0.258 e. The molecule has 1 aromatic carbocycles. The van der Waals surface area contributed by atoms with Gasteiger partial charge in [0.2, 0.25) is 0 Å². The lowest BCUT2D eigenvalue weighted by Gasteiger charge is -2.20. The lowest BCUT2D eigenvalue weighted by molar-refractivity contribution is -0.124. The molecule has 0 aliphatic rings. The van der Waals surface area contributed by atoms with Gasteiger partial charge in [0, 0.05) is 11.6 Å². The molecule has 4 nitrogen and oxygen atoms in total. The van der Waals surface area contributed by atoms with Crippen molar-refractivity contribution in [2.45, 2.75) is 39.3 Å². The largest absolute Gasteiger partial charge is 0.481 e. The second-order valence-corrected chi connectivity index (χ2v) is 4.52. The van der Waals surface area contributed by atoms with Gasteiger partial charge in [-0.3, -0.25) is 4.79 Å². The molecular formula is C14H21FN2O2. The molecule has 19 heavy (non-hydrogen) atoms. The molecule has 0 aromatic heterocycles. The van der Waals surface area contributed by atoms with Gasteiger partial charge >= 0.3 is 0 Å². The average molecular weight is 268 g/mol. The molecule has 106 valence electrons. The average Bonchev–Trinajstić information content (AvgIpc) is 2.37. The standard InChI is InChI=1S/C14H21FN2O2/c1-4-7-17-9(2)12-8-11(15)5-6-13(12)19-10(3)14(16)18/h5-6,8-10,17H,4,7H2,1-3H3,(H2,16,18). The molecule has 1 amide bonds. The molecular weight excluding hydrogens is 247 g/mol. The van der Waals surface area contributed by atoms with Gasteiger partial charge in [0.1, 0.15) is 11.6 Å². The Morgan fingerprint density at radius 1 is 1.47 bits per heavy atom. The quantitative estimate of drug-likeness (QED) is 0.796. The van der Waals surface area contributed by atoms with Gasteiger partial charge < -0.3 is 15.8 Å². The maximum atomic E-state index is 13.4. The van der Waals surface area contributed by atoms with E-state index < -0.39 is 12.0 Å². The first-order valence-corrected chi connectivity index (χ1v) is 6.44. The summed E-state index contributed by atoms with van der Waals surface area (Å²) in [5.74, 6) is -0.410. The van der Waals surface area contributed by atoms with Crippen LogP contribution in [0.4, 0.5) is 4.39 Å². The third-order valence-corrected chi connectivity index (χ3v) is 2.84. The van der Waals surface area contributed by atoms with Crippen LogP contribution in [0.1, 0.15) is 38.8 Å². The number of nitrogens with two attached hydrogens (primary N) is 1.